The molecule has 0 bridgehead atoms. The minimum absolute atomic E-state index is 0.00503. The van der Waals surface area contributed by atoms with Gasteiger partial charge in [0.05, 0.1) is 19.3 Å². The fourth-order valence-corrected chi connectivity index (χ4v) is 2.55. The largest absolute Gasteiger partial charge is 0.369 e. The molecule has 124 valence electrons. The summed E-state index contributed by atoms with van der Waals surface area (Å²) in [5.74, 6) is 6.59. The number of hydrogen-bond acceptors (Lipinski definition) is 2. The van der Waals surface area contributed by atoms with E-state index in [1.807, 2.05) is 18.2 Å². The van der Waals surface area contributed by atoms with E-state index in [2.05, 4.69) is 43.0 Å². The molecule has 0 saturated carbocycles. The Bertz CT molecular complexity index is 510. The third-order valence-corrected chi connectivity index (χ3v) is 3.91. The van der Waals surface area contributed by atoms with Crippen molar-refractivity contribution in [3.8, 4) is 11.8 Å². The average Bonchev–Trinajstić information content (AvgIpc) is 2.57. The molecular weight excluding hydrogens is 284 g/mol. The molecule has 1 aromatic rings. The van der Waals surface area contributed by atoms with E-state index in [0.717, 1.165) is 25.9 Å². The molecule has 2 nitrogen and oxygen atoms in total. The van der Waals surface area contributed by atoms with Crippen LogP contribution in [-0.2, 0) is 16.1 Å². The first-order chi connectivity index (χ1) is 11.4. The van der Waals surface area contributed by atoms with Crippen molar-refractivity contribution in [2.45, 2.75) is 64.3 Å². The Hall–Kier alpha value is -1.56. The maximum Gasteiger partial charge on any atom is 0.144 e. The van der Waals surface area contributed by atoms with Crippen molar-refractivity contribution in [3.05, 3.63) is 48.0 Å². The molecule has 1 aliphatic heterocycles. The average molecular weight is 312 g/mol. The van der Waals surface area contributed by atoms with Crippen molar-refractivity contribution in [3.63, 3.8) is 0 Å². The van der Waals surface area contributed by atoms with Gasteiger partial charge in [0.1, 0.15) is 6.10 Å². The van der Waals surface area contributed by atoms with Crippen LogP contribution < -0.4 is 0 Å². The van der Waals surface area contributed by atoms with Gasteiger partial charge in [-0.25, -0.2) is 0 Å². The third kappa shape index (κ3) is 7.03. The Labute approximate surface area is 140 Å². The highest BCUT2D eigenvalue weighted by Gasteiger charge is 2.21. The van der Waals surface area contributed by atoms with E-state index in [9.17, 15) is 0 Å². The Kier molecular flexibility index (Phi) is 8.55. The van der Waals surface area contributed by atoms with Crippen LogP contribution in [0.1, 0.15) is 51.0 Å². The van der Waals surface area contributed by atoms with Crippen molar-refractivity contribution in [1.82, 2.24) is 0 Å². The van der Waals surface area contributed by atoms with Crippen LogP contribution in [0, 0.1) is 11.8 Å². The second kappa shape index (κ2) is 11.0. The summed E-state index contributed by atoms with van der Waals surface area (Å²) in [7, 11) is 0. The van der Waals surface area contributed by atoms with Crippen LogP contribution in [0.2, 0.25) is 0 Å². The van der Waals surface area contributed by atoms with Gasteiger partial charge in [0.2, 0.25) is 0 Å². The van der Waals surface area contributed by atoms with Gasteiger partial charge in [-0.2, -0.15) is 0 Å². The van der Waals surface area contributed by atoms with Crippen LogP contribution >= 0.6 is 0 Å². The highest BCUT2D eigenvalue weighted by Crippen LogP contribution is 2.15. The van der Waals surface area contributed by atoms with Crippen molar-refractivity contribution >= 4 is 0 Å². The van der Waals surface area contributed by atoms with Gasteiger partial charge < -0.3 is 9.47 Å². The quantitative estimate of drug-likeness (QED) is 0.423. The predicted molar refractivity (Wildman–Crippen MR) is 95.1 cm³/mol. The van der Waals surface area contributed by atoms with Gasteiger partial charge in [0, 0.05) is 6.42 Å². The summed E-state index contributed by atoms with van der Waals surface area (Å²) in [4.78, 5) is 0. The summed E-state index contributed by atoms with van der Waals surface area (Å²) in [6, 6.07) is 10.3. The van der Waals surface area contributed by atoms with E-state index in [4.69, 9.17) is 9.47 Å². The number of benzene rings is 1. The standard InChI is InChI=1S/C21H28O2/c1-2-3-4-5-10-15-20-21(16-11-7-12-17-22-20)23-18-19-13-8-6-9-14-19/h6-9,11,13-14,20-21H,2-5,12,16-18H2,1H3/b11-7-/t20-,21+/m1/s1. The van der Waals surface area contributed by atoms with Gasteiger partial charge in [0.15, 0.2) is 0 Å². The summed E-state index contributed by atoms with van der Waals surface area (Å²) in [6.45, 7) is 3.54. The van der Waals surface area contributed by atoms with Gasteiger partial charge in [0.25, 0.3) is 0 Å². The molecule has 23 heavy (non-hydrogen) atoms. The lowest BCUT2D eigenvalue weighted by atomic mass is 10.1. The van der Waals surface area contributed by atoms with Crippen LogP contribution in [0.5, 0.6) is 0 Å². The summed E-state index contributed by atoms with van der Waals surface area (Å²) >= 11 is 0. The topological polar surface area (TPSA) is 18.5 Å². The molecular formula is C21H28O2. The van der Waals surface area contributed by atoms with Crippen molar-refractivity contribution in [2.75, 3.05) is 6.61 Å². The molecule has 1 heterocycles. The van der Waals surface area contributed by atoms with E-state index in [1.165, 1.54) is 24.8 Å². The molecule has 0 fully saturated rings. The summed E-state index contributed by atoms with van der Waals surface area (Å²) in [5.41, 5.74) is 1.19. The Morgan fingerprint density at radius 3 is 2.87 bits per heavy atom. The highest BCUT2D eigenvalue weighted by atomic mass is 16.5. The first-order valence-electron chi connectivity index (χ1n) is 8.80. The van der Waals surface area contributed by atoms with Crippen molar-refractivity contribution in [1.29, 1.82) is 0 Å². The van der Waals surface area contributed by atoms with Crippen LogP contribution in [0.15, 0.2) is 42.5 Å². The maximum atomic E-state index is 6.12. The number of rotatable bonds is 6. The van der Waals surface area contributed by atoms with Crippen LogP contribution in [-0.4, -0.2) is 18.8 Å². The molecule has 0 spiro atoms. The molecule has 1 aliphatic rings. The lowest BCUT2D eigenvalue weighted by Gasteiger charge is -2.24. The molecule has 0 amide bonds. The Balaban J connectivity index is 1.92. The molecule has 0 unspecified atom stereocenters. The van der Waals surface area contributed by atoms with Crippen LogP contribution in [0.3, 0.4) is 0 Å². The minimum atomic E-state index is -0.120. The van der Waals surface area contributed by atoms with E-state index in [-0.39, 0.29) is 12.2 Å². The Morgan fingerprint density at radius 2 is 2.04 bits per heavy atom. The fourth-order valence-electron chi connectivity index (χ4n) is 2.55. The van der Waals surface area contributed by atoms with E-state index in [0.29, 0.717) is 6.61 Å². The molecule has 2 rings (SSSR count). The molecule has 1 aromatic carbocycles. The van der Waals surface area contributed by atoms with E-state index in [1.54, 1.807) is 0 Å². The van der Waals surface area contributed by atoms with Gasteiger partial charge in [-0.1, -0.05) is 68.2 Å². The predicted octanol–water partition coefficient (Wildman–Crippen LogP) is 4.89. The van der Waals surface area contributed by atoms with E-state index >= 15 is 0 Å². The normalized spacial score (nSPS) is 22.5. The summed E-state index contributed by atoms with van der Waals surface area (Å²) < 4.78 is 12.1. The monoisotopic (exact) mass is 312 g/mol. The second-order valence-corrected chi connectivity index (χ2v) is 5.90. The molecule has 0 aromatic heterocycles. The zero-order valence-corrected chi connectivity index (χ0v) is 14.2. The van der Waals surface area contributed by atoms with Crippen LogP contribution in [0.4, 0.5) is 0 Å². The number of hydrogen-bond donors (Lipinski definition) is 0. The smallest absolute Gasteiger partial charge is 0.144 e. The SMILES string of the molecule is CCCCCC#C[C@H]1OCC/C=C\C[C@@H]1OCc1ccccc1. The van der Waals surface area contributed by atoms with Gasteiger partial charge >= 0.3 is 0 Å². The number of unbranched alkanes of at least 4 members (excludes halogenated alkanes) is 3. The zero-order valence-electron chi connectivity index (χ0n) is 14.2. The van der Waals surface area contributed by atoms with Crippen LogP contribution in [0.25, 0.3) is 0 Å². The van der Waals surface area contributed by atoms with Crippen molar-refractivity contribution in [2.24, 2.45) is 0 Å². The molecule has 0 saturated heterocycles. The summed E-state index contributed by atoms with van der Waals surface area (Å²) in [6.07, 6.45) is 10.7. The zero-order chi connectivity index (χ0) is 16.2. The van der Waals surface area contributed by atoms with Crippen molar-refractivity contribution < 1.29 is 9.47 Å². The van der Waals surface area contributed by atoms with Gasteiger partial charge in [-0.05, 0) is 24.8 Å². The number of ether oxygens (including phenoxy) is 2. The van der Waals surface area contributed by atoms with Gasteiger partial charge in [-0.15, -0.1) is 5.92 Å². The highest BCUT2D eigenvalue weighted by molar-refractivity contribution is 5.14. The molecule has 0 N–H and O–H groups in total. The molecule has 0 aliphatic carbocycles. The first kappa shape index (κ1) is 17.8. The molecule has 0 radical (unpaired) electrons. The fraction of sp³-hybridized carbons (Fsp3) is 0.524. The lowest BCUT2D eigenvalue weighted by molar-refractivity contribution is -0.0539. The van der Waals surface area contributed by atoms with E-state index < -0.39 is 0 Å². The molecule has 2 heteroatoms. The lowest BCUT2D eigenvalue weighted by Crippen LogP contribution is -2.31. The maximum absolute atomic E-state index is 6.12. The Morgan fingerprint density at radius 1 is 1.17 bits per heavy atom. The summed E-state index contributed by atoms with van der Waals surface area (Å²) in [5, 5.41) is 0. The van der Waals surface area contributed by atoms with Gasteiger partial charge in [-0.3, -0.25) is 0 Å². The minimum Gasteiger partial charge on any atom is -0.369 e. The molecule has 2 atom stereocenters. The third-order valence-electron chi connectivity index (χ3n) is 3.91. The second-order valence-electron chi connectivity index (χ2n) is 5.90. The first-order valence-corrected chi connectivity index (χ1v) is 8.80.